The normalized spacial score (nSPS) is 18.9. The second-order valence-corrected chi connectivity index (χ2v) is 11.6. The maximum Gasteiger partial charge on any atom is 1.00 e. The molecule has 5 rings (SSSR count). The number of hydrogen-bond acceptors (Lipinski definition) is 13. The molecule has 0 saturated carbocycles. The summed E-state index contributed by atoms with van der Waals surface area (Å²) in [5.41, 5.74) is 4.48. The summed E-state index contributed by atoms with van der Waals surface area (Å²) < 4.78 is 3.39. The van der Waals surface area contributed by atoms with Gasteiger partial charge in [0.05, 0.1) is 12.2 Å². The average molecular weight is 633 g/mol. The van der Waals surface area contributed by atoms with Gasteiger partial charge in [0.1, 0.15) is 41.3 Å². The van der Waals surface area contributed by atoms with E-state index in [1.54, 1.807) is 39.6 Å². The Balaban J connectivity index is 0.00000423. The first kappa shape index (κ1) is 32.0. The van der Waals surface area contributed by atoms with Crippen molar-refractivity contribution in [2.24, 2.45) is 10.1 Å². The molecule has 0 aliphatic carbocycles. The molecule has 2 atom stereocenters. The molecule has 0 aromatic carbocycles. The van der Waals surface area contributed by atoms with Gasteiger partial charge in [0, 0.05) is 28.7 Å². The van der Waals surface area contributed by atoms with E-state index in [0.717, 1.165) is 16.2 Å². The zero-order valence-electron chi connectivity index (χ0n) is 23.0. The number of nitrogen functional groups attached to an aromatic ring is 1. The van der Waals surface area contributed by atoms with E-state index >= 15 is 0 Å². The molecule has 0 radical (unpaired) electrons. The van der Waals surface area contributed by atoms with E-state index in [1.165, 1.54) is 31.0 Å². The summed E-state index contributed by atoms with van der Waals surface area (Å²) in [4.78, 5) is 50.9. The van der Waals surface area contributed by atoms with Crippen molar-refractivity contribution in [3.05, 3.63) is 58.6 Å². The van der Waals surface area contributed by atoms with Gasteiger partial charge in [-0.2, -0.15) is 9.66 Å². The van der Waals surface area contributed by atoms with Crippen molar-refractivity contribution in [1.82, 2.24) is 14.3 Å². The van der Waals surface area contributed by atoms with E-state index in [1.807, 2.05) is 0 Å². The largest absolute Gasteiger partial charge is 1.00 e. The molecule has 43 heavy (non-hydrogen) atoms. The zero-order chi connectivity index (χ0) is 30.3. The van der Waals surface area contributed by atoms with E-state index in [4.69, 9.17) is 10.6 Å². The van der Waals surface area contributed by atoms with Gasteiger partial charge < -0.3 is 30.7 Å². The minimum Gasteiger partial charge on any atom is -0.857 e. The van der Waals surface area contributed by atoms with Crippen LogP contribution in [0.3, 0.4) is 0 Å². The van der Waals surface area contributed by atoms with Gasteiger partial charge >= 0.3 is 35.5 Å². The van der Waals surface area contributed by atoms with Crippen LogP contribution in [0.1, 0.15) is 25.2 Å². The number of nitrogens with zero attached hydrogens (tertiary/aromatic N) is 7. The number of aliphatic carboxylic acids is 2. The average Bonchev–Trinajstić information content (AvgIpc) is 3.54. The number of anilines is 1. The first-order chi connectivity index (χ1) is 19.9. The van der Waals surface area contributed by atoms with Gasteiger partial charge in [-0.25, -0.2) is 14.3 Å². The summed E-state index contributed by atoms with van der Waals surface area (Å²) in [7, 11) is 0. The van der Waals surface area contributed by atoms with Crippen LogP contribution in [0, 0.1) is 11.3 Å². The Labute approximate surface area is 273 Å². The number of fused-ring (bicyclic) bond motifs is 2. The monoisotopic (exact) mass is 632 g/mol. The SMILES string of the molecule is CC(C)(O/N=C(/C([O-])=N[C@@H]1C(=O)N2C(C(=O)O)=C(C[n+]3cc(C#N)n4ccccc43)CS[C@H]12)c1csc(N)n1)C(=O)[O-].[Na+]. The number of oxime groups is 1. The molecule has 1 saturated heterocycles. The number of carboxylic acids is 2. The minimum atomic E-state index is -1.90. The predicted molar refractivity (Wildman–Crippen MR) is 145 cm³/mol. The Morgan fingerprint density at radius 3 is 2.74 bits per heavy atom. The van der Waals surface area contributed by atoms with Crippen molar-refractivity contribution in [3.63, 3.8) is 0 Å². The summed E-state index contributed by atoms with van der Waals surface area (Å²) in [6.07, 6.45) is 3.32. The van der Waals surface area contributed by atoms with Crippen LogP contribution in [0.25, 0.3) is 5.65 Å². The van der Waals surface area contributed by atoms with Gasteiger partial charge in [0.2, 0.25) is 5.69 Å². The molecule has 18 heteroatoms. The summed E-state index contributed by atoms with van der Waals surface area (Å²) >= 11 is 2.22. The third-order valence-electron chi connectivity index (χ3n) is 6.45. The summed E-state index contributed by atoms with van der Waals surface area (Å²) in [5.74, 6) is -4.44. The van der Waals surface area contributed by atoms with Crippen LogP contribution < -0.4 is 50.1 Å². The van der Waals surface area contributed by atoms with Crippen LogP contribution >= 0.6 is 23.1 Å². The number of hydrogen-bond donors (Lipinski definition) is 2. The Hall–Kier alpha value is -3.95. The van der Waals surface area contributed by atoms with E-state index in [-0.39, 0.29) is 58.4 Å². The number of carboxylic acid groups (broad SMARTS) is 2. The van der Waals surface area contributed by atoms with Crippen molar-refractivity contribution in [2.45, 2.75) is 37.4 Å². The Morgan fingerprint density at radius 1 is 1.37 bits per heavy atom. The molecular formula is C25H21N8NaO7S2. The van der Waals surface area contributed by atoms with Crippen LogP contribution in [-0.4, -0.2) is 71.6 Å². The number of thiazole rings is 1. The van der Waals surface area contributed by atoms with Crippen LogP contribution in [0.4, 0.5) is 5.13 Å². The van der Waals surface area contributed by atoms with Crippen molar-refractivity contribution in [3.8, 4) is 6.07 Å². The second-order valence-electron chi connectivity index (χ2n) is 9.63. The second kappa shape index (κ2) is 12.3. The van der Waals surface area contributed by atoms with Gasteiger partial charge in [-0.05, 0) is 19.9 Å². The third-order valence-corrected chi connectivity index (χ3v) is 8.45. The number of imidazole rings is 1. The summed E-state index contributed by atoms with van der Waals surface area (Å²) in [5, 5.41) is 48.4. The number of rotatable bonds is 9. The van der Waals surface area contributed by atoms with E-state index in [2.05, 4.69) is 21.2 Å². The molecule has 3 aromatic rings. The van der Waals surface area contributed by atoms with Crippen molar-refractivity contribution < 1.29 is 68.7 Å². The Kier molecular flexibility index (Phi) is 9.18. The van der Waals surface area contributed by atoms with Gasteiger partial charge in [-0.1, -0.05) is 11.2 Å². The number of carbonyl (C=O) groups is 3. The smallest absolute Gasteiger partial charge is 0.857 e. The summed E-state index contributed by atoms with van der Waals surface area (Å²) in [6.45, 7) is 2.44. The molecule has 3 aromatic heterocycles. The molecule has 0 spiro atoms. The third kappa shape index (κ3) is 5.96. The number of nitriles is 1. The van der Waals surface area contributed by atoms with Crippen molar-refractivity contribution >= 4 is 63.3 Å². The molecule has 3 N–H and O–H groups in total. The Morgan fingerprint density at radius 2 is 2.12 bits per heavy atom. The fraction of sp³-hybridized carbons (Fsp3) is 0.280. The number of carbonyl (C=O) groups excluding carboxylic acids is 2. The maximum atomic E-state index is 13.2. The number of aromatic nitrogens is 3. The predicted octanol–water partition coefficient (Wildman–Crippen LogP) is -4.53. The fourth-order valence-electron chi connectivity index (χ4n) is 4.31. The molecule has 2 aliphatic heterocycles. The van der Waals surface area contributed by atoms with E-state index in [9.17, 15) is 35.0 Å². The van der Waals surface area contributed by atoms with Crippen LogP contribution in [0.2, 0.25) is 0 Å². The molecule has 0 unspecified atom stereocenters. The standard InChI is InChI=1S/C25H22N8O7S2.Na/c1-25(2,23(38)39)40-30-16(14-11-42-24(27)28-14)19(34)29-17-20(35)33-18(22(36)37)12(10-41-21(17)33)8-31-9-13(7-26)32-6-4-3-5-15(31)32;/h3-6,9,11,17,21H,8,10H2,1-2H3,(H4-,27,28,29,34,36,37,38,39);/q;+1/p-1/b30-16+;/t17-,21-;/m1./s1. The molecule has 5 heterocycles. The first-order valence-electron chi connectivity index (χ1n) is 12.2. The van der Waals surface area contributed by atoms with E-state index in [0.29, 0.717) is 16.9 Å². The van der Waals surface area contributed by atoms with E-state index < -0.39 is 46.5 Å². The molecule has 216 valence electrons. The van der Waals surface area contributed by atoms with Crippen LogP contribution in [0.15, 0.2) is 57.4 Å². The molecule has 1 amide bonds. The van der Waals surface area contributed by atoms with Crippen LogP contribution in [-0.2, 0) is 25.8 Å². The molecular weight excluding hydrogens is 611 g/mol. The van der Waals surface area contributed by atoms with Gasteiger partial charge in [-0.15, -0.1) is 23.1 Å². The first-order valence-corrected chi connectivity index (χ1v) is 14.1. The topological polar surface area (TPSA) is 226 Å². The number of pyridine rings is 1. The Bertz CT molecular complexity index is 1770. The van der Waals surface area contributed by atoms with Crippen LogP contribution in [0.5, 0.6) is 0 Å². The number of thioether (sulfide) groups is 1. The number of β-lactam (4-membered cyclic amide) rings is 1. The van der Waals surface area contributed by atoms with Crippen molar-refractivity contribution in [2.75, 3.05) is 11.5 Å². The minimum absolute atomic E-state index is 0. The molecule has 0 bridgehead atoms. The van der Waals surface area contributed by atoms with Crippen molar-refractivity contribution in [1.29, 1.82) is 5.26 Å². The molecule has 15 nitrogen and oxygen atoms in total. The molecule has 2 aliphatic rings. The maximum absolute atomic E-state index is 13.2. The quantitative estimate of drug-likeness (QED) is 0.0570. The fourth-order valence-corrected chi connectivity index (χ4v) is 6.18. The van der Waals surface area contributed by atoms with Gasteiger partial charge in [0.15, 0.2) is 16.8 Å². The van der Waals surface area contributed by atoms with Gasteiger partial charge in [-0.3, -0.25) is 14.7 Å². The van der Waals surface area contributed by atoms with Gasteiger partial charge in [0.25, 0.3) is 11.6 Å². The number of aliphatic imine (C=N–C) groups is 1. The zero-order valence-corrected chi connectivity index (χ0v) is 26.6. The molecule has 1 fully saturated rings. The number of amides is 1. The summed E-state index contributed by atoms with van der Waals surface area (Å²) in [6, 6.07) is 6.20. The number of nitrogens with two attached hydrogens (primary N) is 1.